The van der Waals surface area contributed by atoms with Gasteiger partial charge < -0.3 is 15.5 Å². The Morgan fingerprint density at radius 1 is 1.20 bits per heavy atom. The van der Waals surface area contributed by atoms with Crippen LogP contribution in [-0.4, -0.2) is 41.4 Å². The maximum absolute atomic E-state index is 12.9. The Bertz CT molecular complexity index is 1100. The lowest BCUT2D eigenvalue weighted by atomic mass is 10.1. The maximum Gasteiger partial charge on any atom is 0.257 e. The Kier molecular flexibility index (Phi) is 5.93. The van der Waals surface area contributed by atoms with Crippen LogP contribution in [0, 0.1) is 10.5 Å². The third-order valence-corrected chi connectivity index (χ3v) is 5.78. The van der Waals surface area contributed by atoms with Crippen LogP contribution >= 0.6 is 22.6 Å². The highest BCUT2D eigenvalue weighted by Gasteiger charge is 2.19. The first-order valence-corrected chi connectivity index (χ1v) is 10.6. The Hall–Kier alpha value is -3.01. The molecule has 4 rings (SSSR count). The average Bonchev–Trinajstić information content (AvgIpc) is 2.75. The van der Waals surface area contributed by atoms with E-state index in [1.807, 2.05) is 41.3 Å². The first kappa shape index (κ1) is 20.3. The zero-order chi connectivity index (χ0) is 21.1. The minimum atomic E-state index is -0.226. The highest BCUT2D eigenvalue weighted by atomic mass is 127. The smallest absolute Gasteiger partial charge is 0.257 e. The van der Waals surface area contributed by atoms with E-state index in [0.717, 1.165) is 14.8 Å². The molecular formula is C22H20IN5O2. The summed E-state index contributed by atoms with van der Waals surface area (Å²) < 4.78 is 1.05. The fourth-order valence-electron chi connectivity index (χ4n) is 3.32. The van der Waals surface area contributed by atoms with Crippen molar-refractivity contribution < 1.29 is 9.59 Å². The van der Waals surface area contributed by atoms with Crippen molar-refractivity contribution in [3.05, 3.63) is 69.6 Å². The fraction of sp³-hybridized carbons (Fsp3) is 0.182. The number of amides is 2. The highest BCUT2D eigenvalue weighted by molar-refractivity contribution is 14.1. The predicted molar refractivity (Wildman–Crippen MR) is 125 cm³/mol. The van der Waals surface area contributed by atoms with E-state index in [-0.39, 0.29) is 18.4 Å². The van der Waals surface area contributed by atoms with E-state index in [1.54, 1.807) is 25.3 Å². The van der Waals surface area contributed by atoms with E-state index >= 15 is 0 Å². The van der Waals surface area contributed by atoms with Gasteiger partial charge in [0, 0.05) is 34.1 Å². The molecule has 0 spiro atoms. The van der Waals surface area contributed by atoms with Gasteiger partial charge in [0.05, 0.1) is 23.5 Å². The lowest BCUT2D eigenvalue weighted by Crippen LogP contribution is -2.48. The Labute approximate surface area is 188 Å². The Balaban J connectivity index is 1.53. The van der Waals surface area contributed by atoms with Gasteiger partial charge in [0.25, 0.3) is 5.91 Å². The Morgan fingerprint density at radius 3 is 2.80 bits per heavy atom. The summed E-state index contributed by atoms with van der Waals surface area (Å²) in [5.41, 5.74) is 3.62. The summed E-state index contributed by atoms with van der Waals surface area (Å²) in [4.78, 5) is 35.3. The van der Waals surface area contributed by atoms with Crippen molar-refractivity contribution in [2.75, 3.05) is 29.9 Å². The van der Waals surface area contributed by atoms with Crippen LogP contribution in [0.2, 0.25) is 0 Å². The van der Waals surface area contributed by atoms with Crippen molar-refractivity contribution in [1.29, 1.82) is 0 Å². The quantitative estimate of drug-likeness (QED) is 0.524. The zero-order valence-corrected chi connectivity index (χ0v) is 18.5. The molecule has 0 aliphatic carbocycles. The van der Waals surface area contributed by atoms with Crippen LogP contribution in [0.25, 0.3) is 11.3 Å². The molecule has 3 aromatic rings. The fourth-order valence-corrected chi connectivity index (χ4v) is 3.93. The lowest BCUT2D eigenvalue weighted by Gasteiger charge is -2.28. The van der Waals surface area contributed by atoms with Gasteiger partial charge in [-0.25, -0.2) is 4.98 Å². The zero-order valence-electron chi connectivity index (χ0n) is 16.4. The van der Waals surface area contributed by atoms with E-state index in [0.29, 0.717) is 35.9 Å². The molecule has 30 heavy (non-hydrogen) atoms. The van der Waals surface area contributed by atoms with Gasteiger partial charge in [-0.05, 0) is 72.0 Å². The van der Waals surface area contributed by atoms with Gasteiger partial charge >= 0.3 is 0 Å². The molecule has 0 unspecified atom stereocenters. The molecule has 2 N–H and O–H groups in total. The minimum Gasteiger partial charge on any atom is -0.353 e. The summed E-state index contributed by atoms with van der Waals surface area (Å²) in [6, 6.07) is 15.0. The summed E-state index contributed by atoms with van der Waals surface area (Å²) in [6.07, 6.45) is 1.75. The number of piperazine rings is 1. The van der Waals surface area contributed by atoms with E-state index in [2.05, 4.69) is 43.2 Å². The van der Waals surface area contributed by atoms with Crippen LogP contribution in [-0.2, 0) is 4.79 Å². The van der Waals surface area contributed by atoms with Crippen molar-refractivity contribution in [3.8, 4) is 11.3 Å². The summed E-state index contributed by atoms with van der Waals surface area (Å²) >= 11 is 2.26. The standard InChI is InChI=1S/C22H20IN5O2/c1-14-16(6-8-20(26-14)28-11-10-25-21(29)13-28)22(30)27-15-5-7-18(23)17(12-15)19-4-2-3-9-24-19/h2-9,12H,10-11,13H2,1H3,(H,25,29)(H,27,30). The average molecular weight is 513 g/mol. The third-order valence-electron chi connectivity index (χ3n) is 4.84. The van der Waals surface area contributed by atoms with Gasteiger partial charge in [0.2, 0.25) is 5.91 Å². The highest BCUT2D eigenvalue weighted by Crippen LogP contribution is 2.27. The van der Waals surface area contributed by atoms with E-state index in [4.69, 9.17) is 0 Å². The summed E-state index contributed by atoms with van der Waals surface area (Å²) in [5.74, 6) is 0.451. The second-order valence-electron chi connectivity index (χ2n) is 6.94. The van der Waals surface area contributed by atoms with Crippen LogP contribution in [0.1, 0.15) is 16.1 Å². The van der Waals surface area contributed by atoms with Crippen molar-refractivity contribution >= 4 is 45.9 Å². The second kappa shape index (κ2) is 8.78. The number of anilines is 2. The van der Waals surface area contributed by atoms with Gasteiger partial charge in [0.15, 0.2) is 0 Å². The summed E-state index contributed by atoms with van der Waals surface area (Å²) in [6.45, 7) is 3.36. The minimum absolute atomic E-state index is 0.0232. The van der Waals surface area contributed by atoms with Crippen molar-refractivity contribution in [2.45, 2.75) is 6.92 Å². The number of halogens is 1. The predicted octanol–water partition coefficient (Wildman–Crippen LogP) is 3.25. The molecule has 0 saturated carbocycles. The number of carbonyl (C=O) groups excluding carboxylic acids is 2. The van der Waals surface area contributed by atoms with Crippen molar-refractivity contribution in [1.82, 2.24) is 15.3 Å². The molecule has 1 saturated heterocycles. The van der Waals surface area contributed by atoms with Gasteiger partial charge in [-0.3, -0.25) is 14.6 Å². The third kappa shape index (κ3) is 4.43. The molecule has 2 amide bonds. The number of hydrogen-bond acceptors (Lipinski definition) is 5. The number of aromatic nitrogens is 2. The van der Waals surface area contributed by atoms with Crippen molar-refractivity contribution in [2.24, 2.45) is 0 Å². The second-order valence-corrected chi connectivity index (χ2v) is 8.10. The summed E-state index contributed by atoms with van der Waals surface area (Å²) in [7, 11) is 0. The molecule has 0 bridgehead atoms. The van der Waals surface area contributed by atoms with Crippen LogP contribution in [0.4, 0.5) is 11.5 Å². The molecule has 0 atom stereocenters. The van der Waals surface area contributed by atoms with Crippen LogP contribution in [0.5, 0.6) is 0 Å². The molecule has 1 fully saturated rings. The number of rotatable bonds is 4. The Morgan fingerprint density at radius 2 is 2.07 bits per heavy atom. The number of aryl methyl sites for hydroxylation is 1. The number of carbonyl (C=O) groups is 2. The maximum atomic E-state index is 12.9. The molecule has 1 aliphatic heterocycles. The molecule has 152 valence electrons. The number of nitrogens with one attached hydrogen (secondary N) is 2. The monoisotopic (exact) mass is 513 g/mol. The van der Waals surface area contributed by atoms with Gasteiger partial charge in [-0.2, -0.15) is 0 Å². The topological polar surface area (TPSA) is 87.2 Å². The van der Waals surface area contributed by atoms with E-state index in [1.165, 1.54) is 0 Å². The van der Waals surface area contributed by atoms with Crippen LogP contribution in [0.15, 0.2) is 54.7 Å². The van der Waals surface area contributed by atoms with Gasteiger partial charge in [0.1, 0.15) is 5.82 Å². The molecule has 7 nitrogen and oxygen atoms in total. The molecule has 1 aromatic carbocycles. The molecule has 1 aliphatic rings. The number of nitrogens with zero attached hydrogens (tertiary/aromatic N) is 3. The van der Waals surface area contributed by atoms with E-state index < -0.39 is 0 Å². The molecular weight excluding hydrogens is 493 g/mol. The largest absolute Gasteiger partial charge is 0.353 e. The number of hydrogen-bond donors (Lipinski definition) is 2. The van der Waals surface area contributed by atoms with Gasteiger partial charge in [-0.15, -0.1) is 0 Å². The van der Waals surface area contributed by atoms with E-state index in [9.17, 15) is 9.59 Å². The summed E-state index contributed by atoms with van der Waals surface area (Å²) in [5, 5.41) is 5.75. The SMILES string of the molecule is Cc1nc(N2CCNC(=O)C2)ccc1C(=O)Nc1ccc(I)c(-c2ccccn2)c1. The molecule has 8 heteroatoms. The molecule has 2 aromatic heterocycles. The molecule has 0 radical (unpaired) electrons. The number of benzene rings is 1. The normalized spacial score (nSPS) is 13.7. The van der Waals surface area contributed by atoms with Crippen molar-refractivity contribution in [3.63, 3.8) is 0 Å². The number of pyridine rings is 2. The molecule has 3 heterocycles. The lowest BCUT2D eigenvalue weighted by molar-refractivity contribution is -0.120. The van der Waals surface area contributed by atoms with Gasteiger partial charge in [-0.1, -0.05) is 6.07 Å². The van der Waals surface area contributed by atoms with Crippen LogP contribution < -0.4 is 15.5 Å². The van der Waals surface area contributed by atoms with Crippen LogP contribution in [0.3, 0.4) is 0 Å². The first-order valence-electron chi connectivity index (χ1n) is 9.53. The first-order chi connectivity index (χ1) is 14.5.